The lowest BCUT2D eigenvalue weighted by Gasteiger charge is -2.08. The number of aryl methyl sites for hydroxylation is 2. The number of ether oxygens (including phenoxy) is 1. The zero-order valence-corrected chi connectivity index (χ0v) is 11.8. The van der Waals surface area contributed by atoms with Crippen LogP contribution >= 0.6 is 11.6 Å². The molecule has 19 heavy (non-hydrogen) atoms. The molecule has 2 rings (SSSR count). The second-order valence-electron chi connectivity index (χ2n) is 4.23. The van der Waals surface area contributed by atoms with Crippen LogP contribution in [0.2, 0.25) is 5.02 Å². The SMILES string of the molecule is BCc1c(Oc2cc(Cl)cc(C#N)c2)c(C)nn1C. The lowest BCUT2D eigenvalue weighted by atomic mass is 10.0. The number of hydrogen-bond acceptors (Lipinski definition) is 3. The van der Waals surface area contributed by atoms with Crippen LogP contribution in [0.15, 0.2) is 18.2 Å². The van der Waals surface area contributed by atoms with Gasteiger partial charge in [-0.3, -0.25) is 4.68 Å². The van der Waals surface area contributed by atoms with Crippen LogP contribution in [0.25, 0.3) is 0 Å². The first kappa shape index (κ1) is 13.5. The van der Waals surface area contributed by atoms with Gasteiger partial charge in [-0.25, -0.2) is 0 Å². The summed E-state index contributed by atoms with van der Waals surface area (Å²) in [6, 6.07) is 7.01. The third-order valence-electron chi connectivity index (χ3n) is 2.84. The van der Waals surface area contributed by atoms with Crippen molar-refractivity contribution in [1.82, 2.24) is 9.78 Å². The van der Waals surface area contributed by atoms with Crippen LogP contribution in [0.4, 0.5) is 0 Å². The van der Waals surface area contributed by atoms with E-state index in [4.69, 9.17) is 21.6 Å². The third kappa shape index (κ3) is 2.74. The van der Waals surface area contributed by atoms with Crippen LogP contribution in [0.1, 0.15) is 17.0 Å². The Bertz CT molecular complexity index is 661. The zero-order chi connectivity index (χ0) is 14.0. The monoisotopic (exact) mass is 273 g/mol. The molecule has 1 aromatic carbocycles. The number of hydrogen-bond donors (Lipinski definition) is 0. The molecule has 0 atom stereocenters. The molecule has 0 amide bonds. The van der Waals surface area contributed by atoms with Crippen LogP contribution < -0.4 is 4.74 Å². The molecule has 0 aliphatic rings. The summed E-state index contributed by atoms with van der Waals surface area (Å²) < 4.78 is 7.66. The number of nitriles is 1. The quantitative estimate of drug-likeness (QED) is 0.806. The topological polar surface area (TPSA) is 50.8 Å². The minimum Gasteiger partial charge on any atom is -0.453 e. The molecule has 0 spiro atoms. The molecule has 0 bridgehead atoms. The Morgan fingerprint density at radius 2 is 2.21 bits per heavy atom. The largest absolute Gasteiger partial charge is 0.453 e. The van der Waals surface area contributed by atoms with E-state index < -0.39 is 0 Å². The molecule has 96 valence electrons. The Balaban J connectivity index is 2.42. The summed E-state index contributed by atoms with van der Waals surface area (Å²) in [7, 11) is 3.93. The van der Waals surface area contributed by atoms with Gasteiger partial charge in [-0.05, 0) is 31.4 Å². The summed E-state index contributed by atoms with van der Waals surface area (Å²) in [5.74, 6) is 1.28. The van der Waals surface area contributed by atoms with E-state index in [1.807, 2.05) is 21.8 Å². The van der Waals surface area contributed by atoms with E-state index >= 15 is 0 Å². The van der Waals surface area contributed by atoms with E-state index in [0.717, 1.165) is 23.5 Å². The first-order valence-corrected chi connectivity index (χ1v) is 6.34. The van der Waals surface area contributed by atoms with Crippen LogP contribution in [-0.2, 0) is 13.4 Å². The first-order valence-electron chi connectivity index (χ1n) is 5.96. The van der Waals surface area contributed by atoms with Crippen molar-refractivity contribution in [3.63, 3.8) is 0 Å². The van der Waals surface area contributed by atoms with Crippen LogP contribution in [0.3, 0.4) is 0 Å². The van der Waals surface area contributed by atoms with Gasteiger partial charge >= 0.3 is 0 Å². The van der Waals surface area contributed by atoms with Gasteiger partial charge in [-0.2, -0.15) is 10.4 Å². The Hall–Kier alpha value is -1.93. The Morgan fingerprint density at radius 1 is 1.47 bits per heavy atom. The van der Waals surface area contributed by atoms with Crippen molar-refractivity contribution in [2.75, 3.05) is 0 Å². The normalized spacial score (nSPS) is 10.2. The lowest BCUT2D eigenvalue weighted by molar-refractivity contribution is 0.473. The molecule has 0 saturated carbocycles. The Kier molecular flexibility index (Phi) is 3.82. The lowest BCUT2D eigenvalue weighted by Crippen LogP contribution is -1.99. The summed E-state index contributed by atoms with van der Waals surface area (Å²) in [6.45, 7) is 1.89. The summed E-state index contributed by atoms with van der Waals surface area (Å²) in [5.41, 5.74) is 2.30. The summed E-state index contributed by atoms with van der Waals surface area (Å²) >= 11 is 5.96. The molecule has 1 aromatic heterocycles. The van der Waals surface area contributed by atoms with E-state index in [9.17, 15) is 0 Å². The fourth-order valence-corrected chi connectivity index (χ4v) is 2.24. The van der Waals surface area contributed by atoms with Gasteiger partial charge in [0, 0.05) is 12.1 Å². The van der Waals surface area contributed by atoms with Crippen molar-refractivity contribution in [2.24, 2.45) is 7.05 Å². The van der Waals surface area contributed by atoms with E-state index in [-0.39, 0.29) is 0 Å². The highest BCUT2D eigenvalue weighted by atomic mass is 35.5. The number of nitrogens with zero attached hydrogens (tertiary/aromatic N) is 3. The minimum absolute atomic E-state index is 0.474. The van der Waals surface area contributed by atoms with E-state index in [1.165, 1.54) is 0 Å². The smallest absolute Gasteiger partial charge is 0.170 e. The molecule has 0 saturated heterocycles. The van der Waals surface area contributed by atoms with E-state index in [2.05, 4.69) is 11.2 Å². The van der Waals surface area contributed by atoms with Crippen molar-refractivity contribution in [1.29, 1.82) is 5.26 Å². The molecule has 4 nitrogen and oxygen atoms in total. The standard InChI is InChI=1S/C13H13BClN3O/c1-8-13(12(6-14)18(2)17-8)19-11-4-9(7-16)3-10(15)5-11/h3-5H,6,14H2,1-2H3. The Labute approximate surface area is 118 Å². The molecular weight excluding hydrogens is 260 g/mol. The van der Waals surface area contributed by atoms with Crippen molar-refractivity contribution in [2.45, 2.75) is 13.2 Å². The molecule has 0 aliphatic carbocycles. The second-order valence-corrected chi connectivity index (χ2v) is 4.66. The highest BCUT2D eigenvalue weighted by Gasteiger charge is 2.14. The fourth-order valence-electron chi connectivity index (χ4n) is 2.01. The van der Waals surface area contributed by atoms with Crippen LogP contribution in [-0.4, -0.2) is 17.6 Å². The van der Waals surface area contributed by atoms with Gasteiger partial charge in [0.2, 0.25) is 0 Å². The molecule has 0 radical (unpaired) electrons. The first-order chi connectivity index (χ1) is 9.05. The Morgan fingerprint density at radius 3 is 2.84 bits per heavy atom. The predicted molar refractivity (Wildman–Crippen MR) is 76.4 cm³/mol. The molecule has 0 N–H and O–H groups in total. The molecule has 0 fully saturated rings. The third-order valence-corrected chi connectivity index (χ3v) is 3.05. The number of aromatic nitrogens is 2. The van der Waals surface area contributed by atoms with Gasteiger partial charge < -0.3 is 4.74 Å². The van der Waals surface area contributed by atoms with Gasteiger partial charge in [0.05, 0.1) is 17.3 Å². The molecule has 2 aromatic rings. The molecule has 1 heterocycles. The molecule has 0 unspecified atom stereocenters. The number of rotatable bonds is 3. The van der Waals surface area contributed by atoms with Gasteiger partial charge in [0.1, 0.15) is 19.3 Å². The van der Waals surface area contributed by atoms with E-state index in [0.29, 0.717) is 16.3 Å². The second kappa shape index (κ2) is 5.37. The van der Waals surface area contributed by atoms with Crippen LogP contribution in [0, 0.1) is 18.3 Å². The molecule has 0 aliphatic heterocycles. The number of benzene rings is 1. The molecular formula is C13H13BClN3O. The summed E-state index contributed by atoms with van der Waals surface area (Å²) in [4.78, 5) is 0. The van der Waals surface area contributed by atoms with Gasteiger partial charge in [0.25, 0.3) is 0 Å². The highest BCUT2D eigenvalue weighted by Crippen LogP contribution is 2.30. The fraction of sp³-hybridized carbons (Fsp3) is 0.231. The number of halogens is 1. The van der Waals surface area contributed by atoms with Crippen molar-refractivity contribution < 1.29 is 4.74 Å². The van der Waals surface area contributed by atoms with Gasteiger partial charge in [0.15, 0.2) is 5.75 Å². The van der Waals surface area contributed by atoms with Gasteiger partial charge in [-0.1, -0.05) is 11.6 Å². The average Bonchev–Trinajstić information content (AvgIpc) is 2.63. The molecule has 6 heteroatoms. The van der Waals surface area contributed by atoms with Crippen molar-refractivity contribution in [3.05, 3.63) is 40.2 Å². The van der Waals surface area contributed by atoms with Crippen LogP contribution in [0.5, 0.6) is 11.5 Å². The maximum absolute atomic E-state index is 8.93. The summed E-state index contributed by atoms with van der Waals surface area (Å²) in [6.07, 6.45) is 0.818. The zero-order valence-electron chi connectivity index (χ0n) is 11.1. The van der Waals surface area contributed by atoms with Crippen molar-refractivity contribution >= 4 is 19.4 Å². The highest BCUT2D eigenvalue weighted by molar-refractivity contribution is 6.30. The average molecular weight is 274 g/mol. The maximum Gasteiger partial charge on any atom is 0.170 e. The van der Waals surface area contributed by atoms with Gasteiger partial charge in [-0.15, -0.1) is 0 Å². The predicted octanol–water partition coefficient (Wildman–Crippen LogP) is 2.18. The van der Waals surface area contributed by atoms with Crippen molar-refractivity contribution in [3.8, 4) is 17.6 Å². The maximum atomic E-state index is 8.93. The minimum atomic E-state index is 0.474. The van der Waals surface area contributed by atoms with E-state index in [1.54, 1.807) is 22.9 Å². The summed E-state index contributed by atoms with van der Waals surface area (Å²) in [5, 5.41) is 13.7.